The number of carbonyl (C=O) groups excluding carboxylic acids is 2. The van der Waals surface area contributed by atoms with Gasteiger partial charge in [-0.05, 0) is 42.8 Å². The minimum absolute atomic E-state index is 0.291. The summed E-state index contributed by atoms with van der Waals surface area (Å²) in [5, 5.41) is 1.66. The average molecular weight is 444 g/mol. The van der Waals surface area contributed by atoms with Crippen LogP contribution in [0.2, 0.25) is 0 Å². The van der Waals surface area contributed by atoms with Crippen LogP contribution in [0.5, 0.6) is 11.5 Å². The third kappa shape index (κ3) is 3.32. The first-order chi connectivity index (χ1) is 16.0. The molecule has 2 saturated heterocycles. The Morgan fingerprint density at radius 3 is 2.27 bits per heavy atom. The van der Waals surface area contributed by atoms with Crippen LogP contribution in [0.25, 0.3) is 0 Å². The summed E-state index contributed by atoms with van der Waals surface area (Å²) in [7, 11) is 3.15. The summed E-state index contributed by atoms with van der Waals surface area (Å²) < 4.78 is 11.0. The maximum Gasteiger partial charge on any atom is 0.266 e. The number of rotatable bonds is 5. The van der Waals surface area contributed by atoms with Gasteiger partial charge in [0.1, 0.15) is 17.4 Å². The fourth-order valence-corrected chi connectivity index (χ4v) is 4.64. The Hall–Kier alpha value is -3.84. The van der Waals surface area contributed by atoms with E-state index in [0.29, 0.717) is 17.2 Å². The van der Waals surface area contributed by atoms with Gasteiger partial charge in [0.2, 0.25) is 5.91 Å². The third-order valence-electron chi connectivity index (χ3n) is 6.24. The van der Waals surface area contributed by atoms with Crippen LogP contribution in [0, 0.1) is 12.8 Å². The van der Waals surface area contributed by atoms with Gasteiger partial charge in [-0.25, -0.2) is 9.96 Å². The van der Waals surface area contributed by atoms with E-state index in [1.165, 1.54) is 4.90 Å². The van der Waals surface area contributed by atoms with Gasteiger partial charge >= 0.3 is 0 Å². The van der Waals surface area contributed by atoms with Crippen LogP contribution in [0.4, 0.5) is 11.4 Å². The summed E-state index contributed by atoms with van der Waals surface area (Å²) in [5.74, 6) is -0.206. The predicted molar refractivity (Wildman–Crippen MR) is 123 cm³/mol. The topological polar surface area (TPSA) is 68.3 Å². The average Bonchev–Trinajstić information content (AvgIpc) is 3.35. The number of carbonyl (C=O) groups is 2. The van der Waals surface area contributed by atoms with E-state index < -0.39 is 18.1 Å². The van der Waals surface area contributed by atoms with Gasteiger partial charge in [-0.15, -0.1) is 0 Å². The molecule has 0 aromatic heterocycles. The third-order valence-corrected chi connectivity index (χ3v) is 6.24. The second-order valence-corrected chi connectivity index (χ2v) is 8.06. The normalized spacial score (nSPS) is 22.0. The quantitative estimate of drug-likeness (QED) is 0.553. The van der Waals surface area contributed by atoms with Gasteiger partial charge in [0.25, 0.3) is 5.91 Å². The number of hydrogen-bond donors (Lipinski definition) is 0. The molecule has 0 saturated carbocycles. The fraction of sp³-hybridized carbons (Fsp3) is 0.231. The molecule has 0 radical (unpaired) electrons. The van der Waals surface area contributed by atoms with Crippen molar-refractivity contribution in [1.29, 1.82) is 0 Å². The number of nitrogens with zero attached hydrogens (tertiary/aromatic N) is 2. The second kappa shape index (κ2) is 8.26. The number of hydrogen-bond acceptors (Lipinski definition) is 6. The highest BCUT2D eigenvalue weighted by atomic mass is 16.7. The lowest BCUT2D eigenvalue weighted by molar-refractivity contribution is -0.126. The number of aryl methyl sites for hydroxylation is 1. The summed E-state index contributed by atoms with van der Waals surface area (Å²) in [5.41, 5.74) is 2.91. The number of imide groups is 1. The molecule has 7 nitrogen and oxygen atoms in total. The first-order valence-corrected chi connectivity index (χ1v) is 10.7. The van der Waals surface area contributed by atoms with E-state index in [1.54, 1.807) is 31.4 Å². The number of methoxy groups -OCH3 is 2. The van der Waals surface area contributed by atoms with Gasteiger partial charge in [-0.3, -0.25) is 14.4 Å². The Morgan fingerprint density at radius 1 is 0.848 bits per heavy atom. The van der Waals surface area contributed by atoms with Crippen LogP contribution in [-0.4, -0.2) is 32.1 Å². The monoisotopic (exact) mass is 444 g/mol. The molecule has 168 valence electrons. The van der Waals surface area contributed by atoms with Gasteiger partial charge in [0.15, 0.2) is 6.10 Å². The van der Waals surface area contributed by atoms with Crippen LogP contribution < -0.4 is 19.4 Å². The van der Waals surface area contributed by atoms with E-state index in [1.807, 2.05) is 67.6 Å². The van der Waals surface area contributed by atoms with Crippen molar-refractivity contribution >= 4 is 23.2 Å². The molecule has 2 aliphatic heterocycles. The Bertz CT molecular complexity index is 1210. The van der Waals surface area contributed by atoms with Gasteiger partial charge in [0, 0.05) is 11.6 Å². The highest BCUT2D eigenvalue weighted by Crippen LogP contribution is 2.50. The minimum Gasteiger partial charge on any atom is -0.497 e. The van der Waals surface area contributed by atoms with Crippen LogP contribution in [-0.2, 0) is 14.4 Å². The number of benzene rings is 3. The summed E-state index contributed by atoms with van der Waals surface area (Å²) in [6, 6.07) is 21.7. The highest BCUT2D eigenvalue weighted by molar-refractivity contribution is 6.24. The van der Waals surface area contributed by atoms with Gasteiger partial charge in [-0.1, -0.05) is 36.4 Å². The lowest BCUT2D eigenvalue weighted by Gasteiger charge is -2.30. The van der Waals surface area contributed by atoms with Crippen LogP contribution in [0.15, 0.2) is 72.8 Å². The molecule has 0 N–H and O–H groups in total. The maximum absolute atomic E-state index is 13.8. The first-order valence-electron chi connectivity index (χ1n) is 10.7. The molecule has 3 aromatic carbocycles. The van der Waals surface area contributed by atoms with E-state index >= 15 is 0 Å². The van der Waals surface area contributed by atoms with Crippen molar-refractivity contribution < 1.29 is 23.9 Å². The summed E-state index contributed by atoms with van der Waals surface area (Å²) in [4.78, 5) is 34.7. The van der Waals surface area contributed by atoms with Gasteiger partial charge in [-0.2, -0.15) is 0 Å². The zero-order valence-electron chi connectivity index (χ0n) is 18.6. The van der Waals surface area contributed by atoms with Crippen molar-refractivity contribution in [1.82, 2.24) is 0 Å². The van der Waals surface area contributed by atoms with Crippen molar-refractivity contribution in [2.45, 2.75) is 19.1 Å². The molecule has 0 bridgehead atoms. The first kappa shape index (κ1) is 21.0. The molecule has 0 aliphatic carbocycles. The van der Waals surface area contributed by atoms with E-state index in [-0.39, 0.29) is 11.8 Å². The molecule has 3 aromatic rings. The smallest absolute Gasteiger partial charge is 0.266 e. The zero-order valence-corrected chi connectivity index (χ0v) is 18.6. The Morgan fingerprint density at radius 2 is 1.58 bits per heavy atom. The number of amides is 2. The lowest BCUT2D eigenvalue weighted by Crippen LogP contribution is -2.37. The minimum atomic E-state index is -0.936. The number of anilines is 2. The van der Waals surface area contributed by atoms with Gasteiger partial charge < -0.3 is 9.47 Å². The van der Waals surface area contributed by atoms with Crippen molar-refractivity contribution in [3.8, 4) is 11.5 Å². The molecule has 2 fully saturated rings. The Labute approximate surface area is 192 Å². The van der Waals surface area contributed by atoms with Crippen LogP contribution in [0.3, 0.4) is 0 Å². The molecule has 5 rings (SSSR count). The molecule has 7 heteroatoms. The van der Waals surface area contributed by atoms with Crippen LogP contribution >= 0.6 is 0 Å². The molecular weight excluding hydrogens is 420 g/mol. The zero-order chi connectivity index (χ0) is 23.1. The largest absolute Gasteiger partial charge is 0.497 e. The van der Waals surface area contributed by atoms with E-state index in [9.17, 15) is 9.59 Å². The molecular formula is C26H24N2O5. The Balaban J connectivity index is 1.64. The van der Waals surface area contributed by atoms with Crippen molar-refractivity contribution in [2.75, 3.05) is 24.2 Å². The lowest BCUT2D eigenvalue weighted by atomic mass is 9.90. The van der Waals surface area contributed by atoms with Crippen LogP contribution in [0.1, 0.15) is 17.2 Å². The Kier molecular flexibility index (Phi) is 5.26. The second-order valence-electron chi connectivity index (χ2n) is 8.06. The fourth-order valence-electron chi connectivity index (χ4n) is 4.64. The highest BCUT2D eigenvalue weighted by Gasteiger charge is 2.60. The summed E-state index contributed by atoms with van der Waals surface area (Å²) >= 11 is 0. The SMILES string of the molecule is COc1ccc([C@@H]2[C@@H]3C(=O)N(c4ccccc4C)C(=O)[C@@H]3ON2c2ccccc2)c(OC)c1. The molecule has 2 heterocycles. The van der Waals surface area contributed by atoms with Crippen molar-refractivity contribution in [3.63, 3.8) is 0 Å². The molecule has 0 spiro atoms. The molecule has 2 aliphatic rings. The molecule has 0 unspecified atom stereocenters. The van der Waals surface area contributed by atoms with Crippen molar-refractivity contribution in [2.24, 2.45) is 5.92 Å². The summed E-state index contributed by atoms with van der Waals surface area (Å²) in [6.45, 7) is 1.88. The maximum atomic E-state index is 13.8. The standard InChI is InChI=1S/C26H24N2O5/c1-16-9-7-8-12-20(16)27-25(29)22-23(19-14-13-18(31-2)15-21(19)32-3)28(33-24(22)26(27)30)17-10-5-4-6-11-17/h4-15,22-24H,1-3H3/t22-,23+,24+/m0/s1. The number of hydroxylamine groups is 1. The molecule has 2 amide bonds. The van der Waals surface area contributed by atoms with E-state index in [4.69, 9.17) is 14.3 Å². The number of fused-ring (bicyclic) bond motifs is 1. The predicted octanol–water partition coefficient (Wildman–Crippen LogP) is 4.06. The number of ether oxygens (including phenoxy) is 2. The molecule has 3 atom stereocenters. The van der Waals surface area contributed by atoms with E-state index in [0.717, 1.165) is 16.8 Å². The number of para-hydroxylation sites is 2. The molecule has 33 heavy (non-hydrogen) atoms. The van der Waals surface area contributed by atoms with Crippen molar-refractivity contribution in [3.05, 3.63) is 83.9 Å². The van der Waals surface area contributed by atoms with E-state index in [2.05, 4.69) is 0 Å². The summed E-state index contributed by atoms with van der Waals surface area (Å²) in [6.07, 6.45) is -0.936. The van der Waals surface area contributed by atoms with Gasteiger partial charge in [0.05, 0.1) is 31.6 Å².